The first-order valence-electron chi connectivity index (χ1n) is 5.75. The highest BCUT2D eigenvalue weighted by atomic mass is 79.9. The van der Waals surface area contributed by atoms with Crippen LogP contribution in [0.4, 0.5) is 10.2 Å². The summed E-state index contributed by atoms with van der Waals surface area (Å²) >= 11 is 3.19. The van der Waals surface area contributed by atoms with E-state index in [9.17, 15) is 4.39 Å². The quantitative estimate of drug-likeness (QED) is 0.928. The number of rotatable bonds is 2. The van der Waals surface area contributed by atoms with Crippen LogP contribution in [-0.2, 0) is 0 Å². The minimum Gasteiger partial charge on any atom is -0.381 e. The van der Waals surface area contributed by atoms with Gasteiger partial charge in [0.2, 0.25) is 0 Å². The molecule has 0 atom stereocenters. The van der Waals surface area contributed by atoms with Crippen LogP contribution in [0.15, 0.2) is 16.6 Å². The number of nitrogen functional groups attached to an aromatic ring is 1. The SMILES string of the molecule is Cc1cc(F)c(Br)cc1-n1nnc(N)c1C1CC1. The minimum absolute atomic E-state index is 0.280. The summed E-state index contributed by atoms with van der Waals surface area (Å²) in [5.74, 6) is 0.623. The van der Waals surface area contributed by atoms with Gasteiger partial charge in [0.05, 0.1) is 15.9 Å². The molecule has 0 radical (unpaired) electrons. The first-order chi connectivity index (χ1) is 8.58. The number of nitrogens with zero attached hydrogens (tertiary/aromatic N) is 3. The second-order valence-corrected chi connectivity index (χ2v) is 5.45. The van der Waals surface area contributed by atoms with Crippen LogP contribution in [0.3, 0.4) is 0 Å². The molecule has 0 bridgehead atoms. The van der Waals surface area contributed by atoms with E-state index in [4.69, 9.17) is 5.73 Å². The second kappa shape index (κ2) is 4.05. The molecule has 0 saturated heterocycles. The molecule has 2 aromatic rings. The summed E-state index contributed by atoms with van der Waals surface area (Å²) < 4.78 is 15.6. The molecule has 1 aliphatic carbocycles. The number of aromatic nitrogens is 3. The Labute approximate surface area is 112 Å². The van der Waals surface area contributed by atoms with E-state index in [0.29, 0.717) is 16.2 Å². The van der Waals surface area contributed by atoms with Gasteiger partial charge in [0, 0.05) is 5.92 Å². The summed E-state index contributed by atoms with van der Waals surface area (Å²) in [5.41, 5.74) is 8.42. The molecule has 2 N–H and O–H groups in total. The van der Waals surface area contributed by atoms with Gasteiger partial charge >= 0.3 is 0 Å². The normalized spacial score (nSPS) is 15.1. The molecule has 1 aromatic heterocycles. The van der Waals surface area contributed by atoms with Gasteiger partial charge in [-0.25, -0.2) is 9.07 Å². The third kappa shape index (κ3) is 1.80. The zero-order valence-electron chi connectivity index (χ0n) is 9.82. The predicted octanol–water partition coefficient (Wildman–Crippen LogP) is 2.94. The van der Waals surface area contributed by atoms with E-state index in [2.05, 4.69) is 26.2 Å². The molecule has 18 heavy (non-hydrogen) atoms. The average molecular weight is 311 g/mol. The molecular weight excluding hydrogens is 299 g/mol. The third-order valence-electron chi connectivity index (χ3n) is 3.16. The van der Waals surface area contributed by atoms with Crippen LogP contribution in [0.25, 0.3) is 5.69 Å². The summed E-state index contributed by atoms with van der Waals surface area (Å²) in [7, 11) is 0. The fraction of sp³-hybridized carbons (Fsp3) is 0.333. The molecule has 1 aliphatic rings. The highest BCUT2D eigenvalue weighted by molar-refractivity contribution is 9.10. The van der Waals surface area contributed by atoms with Crippen LogP contribution in [0, 0.1) is 12.7 Å². The Morgan fingerprint density at radius 1 is 1.44 bits per heavy atom. The zero-order chi connectivity index (χ0) is 12.9. The molecule has 94 valence electrons. The van der Waals surface area contributed by atoms with Crippen LogP contribution < -0.4 is 5.73 Å². The maximum Gasteiger partial charge on any atom is 0.169 e. The monoisotopic (exact) mass is 310 g/mol. The highest BCUT2D eigenvalue weighted by Gasteiger charge is 2.31. The van der Waals surface area contributed by atoms with Crippen LogP contribution in [0.1, 0.15) is 30.0 Å². The van der Waals surface area contributed by atoms with Gasteiger partial charge in [-0.15, -0.1) is 5.10 Å². The van der Waals surface area contributed by atoms with E-state index >= 15 is 0 Å². The van der Waals surface area contributed by atoms with Gasteiger partial charge in [-0.3, -0.25) is 0 Å². The van der Waals surface area contributed by atoms with E-state index in [0.717, 1.165) is 29.8 Å². The van der Waals surface area contributed by atoms with Crippen molar-refractivity contribution in [1.82, 2.24) is 15.0 Å². The number of anilines is 1. The molecule has 1 saturated carbocycles. The van der Waals surface area contributed by atoms with Crippen molar-refractivity contribution in [3.05, 3.63) is 33.7 Å². The summed E-state index contributed by atoms with van der Waals surface area (Å²) in [6.45, 7) is 1.85. The van der Waals surface area contributed by atoms with Crippen molar-refractivity contribution in [2.75, 3.05) is 5.73 Å². The van der Waals surface area contributed by atoms with Crippen LogP contribution in [0.2, 0.25) is 0 Å². The Morgan fingerprint density at radius 3 is 2.83 bits per heavy atom. The van der Waals surface area contributed by atoms with Crippen LogP contribution in [0.5, 0.6) is 0 Å². The minimum atomic E-state index is -0.280. The van der Waals surface area contributed by atoms with Crippen LogP contribution in [-0.4, -0.2) is 15.0 Å². The van der Waals surface area contributed by atoms with Crippen molar-refractivity contribution < 1.29 is 4.39 Å². The fourth-order valence-electron chi connectivity index (χ4n) is 2.08. The van der Waals surface area contributed by atoms with Gasteiger partial charge in [-0.2, -0.15) is 0 Å². The largest absolute Gasteiger partial charge is 0.381 e. The van der Waals surface area contributed by atoms with Crippen LogP contribution >= 0.6 is 15.9 Å². The molecule has 6 heteroatoms. The highest BCUT2D eigenvalue weighted by Crippen LogP contribution is 2.43. The Hall–Kier alpha value is -1.43. The van der Waals surface area contributed by atoms with E-state index < -0.39 is 0 Å². The number of benzene rings is 1. The third-order valence-corrected chi connectivity index (χ3v) is 3.77. The van der Waals surface area contributed by atoms with Crippen molar-refractivity contribution in [3.63, 3.8) is 0 Å². The van der Waals surface area contributed by atoms with Crippen molar-refractivity contribution in [2.45, 2.75) is 25.7 Å². The summed E-state index contributed by atoms with van der Waals surface area (Å²) in [6.07, 6.45) is 2.22. The maximum atomic E-state index is 13.4. The molecule has 1 aromatic carbocycles. The lowest BCUT2D eigenvalue weighted by molar-refractivity contribution is 0.618. The van der Waals surface area contributed by atoms with Crippen molar-refractivity contribution in [1.29, 1.82) is 0 Å². The number of hydrogen-bond donors (Lipinski definition) is 1. The maximum absolute atomic E-state index is 13.4. The second-order valence-electron chi connectivity index (χ2n) is 4.60. The van der Waals surface area contributed by atoms with E-state index in [1.54, 1.807) is 10.7 Å². The summed E-state index contributed by atoms with van der Waals surface area (Å²) in [4.78, 5) is 0. The summed E-state index contributed by atoms with van der Waals surface area (Å²) in [6, 6.07) is 3.19. The van der Waals surface area contributed by atoms with Gasteiger partial charge in [-0.1, -0.05) is 5.21 Å². The van der Waals surface area contributed by atoms with Gasteiger partial charge < -0.3 is 5.73 Å². The van der Waals surface area contributed by atoms with Crippen molar-refractivity contribution >= 4 is 21.7 Å². The Balaban J connectivity index is 2.18. The average Bonchev–Trinajstić information content (AvgIpc) is 3.08. The fourth-order valence-corrected chi connectivity index (χ4v) is 2.41. The predicted molar refractivity (Wildman–Crippen MR) is 70.1 cm³/mol. The Bertz CT molecular complexity index is 619. The number of hydrogen-bond acceptors (Lipinski definition) is 3. The summed E-state index contributed by atoms with van der Waals surface area (Å²) in [5, 5.41) is 8.01. The topological polar surface area (TPSA) is 56.7 Å². The number of halogens is 2. The van der Waals surface area contributed by atoms with Gasteiger partial charge in [0.25, 0.3) is 0 Å². The molecule has 0 aliphatic heterocycles. The van der Waals surface area contributed by atoms with Gasteiger partial charge in [0.15, 0.2) is 5.82 Å². The smallest absolute Gasteiger partial charge is 0.169 e. The molecular formula is C12H12BrFN4. The molecule has 0 unspecified atom stereocenters. The van der Waals surface area contributed by atoms with E-state index in [1.807, 2.05) is 6.92 Å². The number of aryl methyl sites for hydroxylation is 1. The lowest BCUT2D eigenvalue weighted by Gasteiger charge is -2.10. The molecule has 0 spiro atoms. The van der Waals surface area contributed by atoms with Gasteiger partial charge in [0.1, 0.15) is 5.82 Å². The van der Waals surface area contributed by atoms with E-state index in [-0.39, 0.29) is 5.82 Å². The first-order valence-corrected chi connectivity index (χ1v) is 6.54. The standard InChI is InChI=1S/C12H12BrFN4/c1-6-4-9(14)8(13)5-10(6)18-11(7-2-3-7)12(15)16-17-18/h4-5,7H,2-3,15H2,1H3. The molecule has 3 rings (SSSR count). The molecule has 1 fully saturated rings. The molecule has 0 amide bonds. The van der Waals surface area contributed by atoms with Gasteiger partial charge in [-0.05, 0) is 53.4 Å². The van der Waals surface area contributed by atoms with Crippen molar-refractivity contribution in [2.24, 2.45) is 0 Å². The zero-order valence-corrected chi connectivity index (χ0v) is 11.4. The van der Waals surface area contributed by atoms with Crippen molar-refractivity contribution in [3.8, 4) is 5.69 Å². The van der Waals surface area contributed by atoms with E-state index in [1.165, 1.54) is 6.07 Å². The first kappa shape index (κ1) is 11.6. The Morgan fingerprint density at radius 2 is 2.17 bits per heavy atom. The molecule has 4 nitrogen and oxygen atoms in total. The number of nitrogens with two attached hydrogens (primary N) is 1. The lowest BCUT2D eigenvalue weighted by atomic mass is 10.2. The Kier molecular flexibility index (Phi) is 2.62. The lowest BCUT2D eigenvalue weighted by Crippen LogP contribution is -2.05. The molecule has 1 heterocycles.